The number of likely N-dealkylation sites (N-methyl/N-ethyl adjacent to an activating group) is 1. The van der Waals surface area contributed by atoms with E-state index in [0.717, 1.165) is 24.3 Å². The first-order valence-electron chi connectivity index (χ1n) is 8.86. The number of carbonyl (C=O) groups is 1. The number of benzene rings is 1. The first-order chi connectivity index (χ1) is 13.1. The van der Waals surface area contributed by atoms with E-state index in [1.54, 1.807) is 35.3 Å². The van der Waals surface area contributed by atoms with Crippen molar-refractivity contribution in [3.8, 4) is 16.9 Å². The number of amides is 1. The van der Waals surface area contributed by atoms with Crippen LogP contribution in [0.25, 0.3) is 16.9 Å². The first-order valence-corrected chi connectivity index (χ1v) is 8.86. The van der Waals surface area contributed by atoms with Crippen LogP contribution in [-0.2, 0) is 0 Å². The van der Waals surface area contributed by atoms with Crippen LogP contribution in [0.3, 0.4) is 0 Å². The summed E-state index contributed by atoms with van der Waals surface area (Å²) < 4.78 is 15.0. The topological polar surface area (TPSA) is 54.3 Å². The zero-order chi connectivity index (χ0) is 18.8. The number of rotatable bonds is 3. The maximum Gasteiger partial charge on any atom is 0.274 e. The van der Waals surface area contributed by atoms with Crippen LogP contribution in [0.1, 0.15) is 10.5 Å². The molecule has 3 aromatic rings. The molecule has 1 fully saturated rings. The van der Waals surface area contributed by atoms with Crippen LogP contribution in [0.4, 0.5) is 4.39 Å². The van der Waals surface area contributed by atoms with Crippen molar-refractivity contribution in [3.05, 3.63) is 66.4 Å². The molecule has 138 valence electrons. The lowest BCUT2D eigenvalue weighted by molar-refractivity contribution is 0.0657. The summed E-state index contributed by atoms with van der Waals surface area (Å²) in [5, 5.41) is 4.54. The van der Waals surface area contributed by atoms with Crippen LogP contribution < -0.4 is 0 Å². The van der Waals surface area contributed by atoms with E-state index in [0.29, 0.717) is 24.5 Å². The molecule has 7 heteroatoms. The minimum absolute atomic E-state index is 0.0888. The van der Waals surface area contributed by atoms with Gasteiger partial charge in [-0.3, -0.25) is 9.78 Å². The van der Waals surface area contributed by atoms with Gasteiger partial charge in [0.15, 0.2) is 5.69 Å². The summed E-state index contributed by atoms with van der Waals surface area (Å²) in [5.74, 6) is -0.406. The molecule has 1 aliphatic heterocycles. The Balaban J connectivity index is 1.73. The number of nitrogens with zero attached hydrogens (tertiary/aromatic N) is 5. The van der Waals surface area contributed by atoms with Gasteiger partial charge in [0.05, 0.1) is 11.4 Å². The molecule has 0 bridgehead atoms. The van der Waals surface area contributed by atoms with Crippen LogP contribution in [-0.4, -0.2) is 63.7 Å². The van der Waals surface area contributed by atoms with E-state index < -0.39 is 0 Å². The summed E-state index contributed by atoms with van der Waals surface area (Å²) in [6, 6.07) is 11.6. The van der Waals surface area contributed by atoms with Gasteiger partial charge in [0.25, 0.3) is 5.91 Å². The molecule has 6 nitrogen and oxygen atoms in total. The molecule has 0 N–H and O–H groups in total. The average Bonchev–Trinajstić information content (AvgIpc) is 3.15. The third kappa shape index (κ3) is 3.59. The normalized spacial score (nSPS) is 15.1. The van der Waals surface area contributed by atoms with Crippen molar-refractivity contribution >= 4 is 5.91 Å². The zero-order valence-corrected chi connectivity index (χ0v) is 15.0. The maximum atomic E-state index is 13.3. The Hall–Kier alpha value is -3.06. The summed E-state index contributed by atoms with van der Waals surface area (Å²) in [5.41, 5.74) is 2.65. The van der Waals surface area contributed by atoms with Crippen molar-refractivity contribution in [2.24, 2.45) is 0 Å². The molecule has 0 radical (unpaired) electrons. The highest BCUT2D eigenvalue weighted by molar-refractivity contribution is 5.93. The van der Waals surface area contributed by atoms with Gasteiger partial charge in [0, 0.05) is 44.1 Å². The molecule has 1 saturated heterocycles. The van der Waals surface area contributed by atoms with Crippen LogP contribution in [0.15, 0.2) is 54.9 Å². The fraction of sp³-hybridized carbons (Fsp3) is 0.250. The summed E-state index contributed by atoms with van der Waals surface area (Å²) >= 11 is 0. The number of carbonyl (C=O) groups excluding carboxylic acids is 1. The molecule has 27 heavy (non-hydrogen) atoms. The molecule has 0 unspecified atom stereocenters. The smallest absolute Gasteiger partial charge is 0.274 e. The Bertz CT molecular complexity index is 931. The Labute approximate surface area is 156 Å². The van der Waals surface area contributed by atoms with Crippen LogP contribution in [0.2, 0.25) is 0 Å². The monoisotopic (exact) mass is 365 g/mol. The standard InChI is InChI=1S/C20H20FN5O/c1-24-9-11-25(12-10-24)20(27)18-13-19(15-3-2-8-22-14-15)26(23-18)17-6-4-16(21)5-7-17/h2-8,13-14H,9-12H2,1H3. The summed E-state index contributed by atoms with van der Waals surface area (Å²) in [4.78, 5) is 21.1. The van der Waals surface area contributed by atoms with Gasteiger partial charge in [-0.05, 0) is 49.5 Å². The van der Waals surface area contributed by atoms with Crippen molar-refractivity contribution in [2.75, 3.05) is 33.2 Å². The largest absolute Gasteiger partial charge is 0.335 e. The number of piperazine rings is 1. The average molecular weight is 365 g/mol. The van der Waals surface area contributed by atoms with E-state index in [2.05, 4.69) is 15.0 Å². The summed E-state index contributed by atoms with van der Waals surface area (Å²) in [6.45, 7) is 3.06. The quantitative estimate of drug-likeness (QED) is 0.716. The molecule has 0 spiro atoms. The first kappa shape index (κ1) is 17.4. The Morgan fingerprint density at radius 2 is 1.81 bits per heavy atom. The van der Waals surface area contributed by atoms with Crippen LogP contribution >= 0.6 is 0 Å². The van der Waals surface area contributed by atoms with Gasteiger partial charge in [-0.25, -0.2) is 9.07 Å². The molecule has 2 aromatic heterocycles. The molecule has 0 atom stereocenters. The minimum Gasteiger partial charge on any atom is -0.335 e. The lowest BCUT2D eigenvalue weighted by atomic mass is 10.2. The Morgan fingerprint density at radius 3 is 2.48 bits per heavy atom. The second kappa shape index (κ2) is 7.28. The molecular formula is C20H20FN5O. The molecule has 3 heterocycles. The van der Waals surface area contributed by atoms with Crippen molar-refractivity contribution in [1.82, 2.24) is 24.6 Å². The van der Waals surface area contributed by atoms with E-state index in [9.17, 15) is 9.18 Å². The Kier molecular flexibility index (Phi) is 4.68. The fourth-order valence-corrected chi connectivity index (χ4v) is 3.16. The second-order valence-corrected chi connectivity index (χ2v) is 6.64. The number of pyridine rings is 1. The lowest BCUT2D eigenvalue weighted by Gasteiger charge is -2.31. The predicted molar refractivity (Wildman–Crippen MR) is 100 cm³/mol. The SMILES string of the molecule is CN1CCN(C(=O)c2cc(-c3cccnc3)n(-c3ccc(F)cc3)n2)CC1. The molecule has 4 rings (SSSR count). The van der Waals surface area contributed by atoms with Gasteiger partial charge in [-0.15, -0.1) is 0 Å². The Morgan fingerprint density at radius 1 is 1.07 bits per heavy atom. The van der Waals surface area contributed by atoms with E-state index in [-0.39, 0.29) is 11.7 Å². The maximum absolute atomic E-state index is 13.3. The molecule has 1 aliphatic rings. The van der Waals surface area contributed by atoms with Gasteiger partial charge in [-0.1, -0.05) is 0 Å². The fourth-order valence-electron chi connectivity index (χ4n) is 3.16. The summed E-state index contributed by atoms with van der Waals surface area (Å²) in [7, 11) is 2.05. The van der Waals surface area contributed by atoms with E-state index in [1.807, 2.05) is 24.1 Å². The minimum atomic E-state index is -0.317. The van der Waals surface area contributed by atoms with Crippen LogP contribution in [0, 0.1) is 5.82 Å². The number of hydrogen-bond acceptors (Lipinski definition) is 4. The second-order valence-electron chi connectivity index (χ2n) is 6.64. The van der Waals surface area contributed by atoms with Crippen LogP contribution in [0.5, 0.6) is 0 Å². The van der Waals surface area contributed by atoms with Crippen molar-refractivity contribution < 1.29 is 9.18 Å². The van der Waals surface area contributed by atoms with E-state index >= 15 is 0 Å². The van der Waals surface area contributed by atoms with Crippen molar-refractivity contribution in [2.45, 2.75) is 0 Å². The number of hydrogen-bond donors (Lipinski definition) is 0. The summed E-state index contributed by atoms with van der Waals surface area (Å²) in [6.07, 6.45) is 3.42. The van der Waals surface area contributed by atoms with Gasteiger partial charge in [0.2, 0.25) is 0 Å². The van der Waals surface area contributed by atoms with Gasteiger partial charge >= 0.3 is 0 Å². The molecule has 1 amide bonds. The highest BCUT2D eigenvalue weighted by atomic mass is 19.1. The van der Waals surface area contributed by atoms with Gasteiger partial charge in [0.1, 0.15) is 5.82 Å². The third-order valence-electron chi connectivity index (χ3n) is 4.75. The van der Waals surface area contributed by atoms with Gasteiger partial charge in [-0.2, -0.15) is 5.10 Å². The molecule has 0 aliphatic carbocycles. The highest BCUT2D eigenvalue weighted by Gasteiger charge is 2.24. The predicted octanol–water partition coefficient (Wildman–Crippen LogP) is 2.46. The lowest BCUT2D eigenvalue weighted by Crippen LogP contribution is -2.47. The van der Waals surface area contributed by atoms with Crippen molar-refractivity contribution in [3.63, 3.8) is 0 Å². The highest BCUT2D eigenvalue weighted by Crippen LogP contribution is 2.24. The van der Waals surface area contributed by atoms with Gasteiger partial charge < -0.3 is 9.80 Å². The molecule has 1 aromatic carbocycles. The number of halogens is 1. The van der Waals surface area contributed by atoms with Crippen molar-refractivity contribution in [1.29, 1.82) is 0 Å². The molecule has 0 saturated carbocycles. The third-order valence-corrected chi connectivity index (χ3v) is 4.75. The van der Waals surface area contributed by atoms with E-state index in [1.165, 1.54) is 12.1 Å². The number of aromatic nitrogens is 3. The van der Waals surface area contributed by atoms with E-state index in [4.69, 9.17) is 0 Å². The molecular weight excluding hydrogens is 345 g/mol. The zero-order valence-electron chi connectivity index (χ0n) is 15.0.